The minimum atomic E-state index is 0.183. The molecule has 1 saturated heterocycles. The van der Waals surface area contributed by atoms with Crippen molar-refractivity contribution in [3.05, 3.63) is 64.0 Å². The number of nitrogens with one attached hydrogen (secondary N) is 1. The second-order valence-electron chi connectivity index (χ2n) is 7.79. The Hall–Kier alpha value is -2.88. The highest BCUT2D eigenvalue weighted by Crippen LogP contribution is 2.34. The zero-order valence-corrected chi connectivity index (χ0v) is 17.7. The molecule has 3 aromatic rings. The normalized spacial score (nSPS) is 16.5. The first-order valence-electron chi connectivity index (χ1n) is 10.1. The summed E-state index contributed by atoms with van der Waals surface area (Å²) < 4.78 is 0. The Bertz CT molecular complexity index is 1110. The van der Waals surface area contributed by atoms with E-state index in [0.717, 1.165) is 58.7 Å². The van der Waals surface area contributed by atoms with Crippen LogP contribution < -0.4 is 10.2 Å². The number of fused-ring (bicyclic) bond motifs is 1. The number of rotatable bonds is 5. The zero-order chi connectivity index (χ0) is 21.1. The monoisotopic (exact) mass is 421 g/mol. The number of benzene rings is 2. The van der Waals surface area contributed by atoms with Gasteiger partial charge in [0, 0.05) is 42.0 Å². The number of aliphatic hydroxyl groups is 1. The number of aryl methyl sites for hydroxylation is 1. The molecule has 154 valence electrons. The average molecular weight is 422 g/mol. The summed E-state index contributed by atoms with van der Waals surface area (Å²) in [6, 6.07) is 11.6. The number of piperidine rings is 1. The van der Waals surface area contributed by atoms with Crippen LogP contribution in [-0.2, 0) is 6.54 Å². The third-order valence-electron chi connectivity index (χ3n) is 5.65. The van der Waals surface area contributed by atoms with E-state index in [1.54, 1.807) is 0 Å². The van der Waals surface area contributed by atoms with Crippen LogP contribution >= 0.6 is 11.6 Å². The number of anilines is 2. The van der Waals surface area contributed by atoms with Gasteiger partial charge < -0.3 is 15.3 Å². The van der Waals surface area contributed by atoms with Gasteiger partial charge in [-0.15, -0.1) is 10.2 Å². The molecule has 1 aliphatic heterocycles. The Labute approximate surface area is 181 Å². The van der Waals surface area contributed by atoms with Crippen molar-refractivity contribution >= 4 is 39.7 Å². The molecule has 0 spiro atoms. The Kier molecular flexibility index (Phi) is 6.03. The zero-order valence-electron chi connectivity index (χ0n) is 16.9. The number of halogens is 1. The molecule has 2 N–H and O–H groups in total. The van der Waals surface area contributed by atoms with Crippen LogP contribution in [0.4, 0.5) is 17.3 Å². The minimum Gasteiger partial charge on any atom is -0.396 e. The van der Waals surface area contributed by atoms with Crippen molar-refractivity contribution in [2.45, 2.75) is 26.3 Å². The van der Waals surface area contributed by atoms with Gasteiger partial charge in [-0.3, -0.25) is 0 Å². The number of aliphatic hydroxyl groups excluding tert-OH is 1. The van der Waals surface area contributed by atoms with Gasteiger partial charge in [0.15, 0.2) is 17.3 Å². The van der Waals surface area contributed by atoms with Gasteiger partial charge in [-0.2, -0.15) is 0 Å². The van der Waals surface area contributed by atoms with Crippen molar-refractivity contribution in [3.63, 3.8) is 0 Å². The first-order valence-corrected chi connectivity index (χ1v) is 10.5. The smallest absolute Gasteiger partial charge is 0.188 e. The molecule has 1 fully saturated rings. The van der Waals surface area contributed by atoms with E-state index in [1.807, 2.05) is 43.3 Å². The summed E-state index contributed by atoms with van der Waals surface area (Å²) >= 11 is 6.25. The molecule has 0 bridgehead atoms. The fourth-order valence-electron chi connectivity index (χ4n) is 3.90. The number of aromatic nitrogens is 2. The van der Waals surface area contributed by atoms with Gasteiger partial charge in [0.25, 0.3) is 0 Å². The van der Waals surface area contributed by atoms with Gasteiger partial charge in [0.05, 0.1) is 6.57 Å². The van der Waals surface area contributed by atoms with Crippen LogP contribution in [0.3, 0.4) is 0 Å². The molecule has 2 heterocycles. The SMILES string of the molecule is [C-]#[N+]c1ccc2c(N3CCCC(CO)C3)nnc(NCc3ccc(C)c(Cl)c3)c2c1. The lowest BCUT2D eigenvalue weighted by atomic mass is 9.98. The van der Waals surface area contributed by atoms with E-state index >= 15 is 0 Å². The molecule has 0 amide bonds. The van der Waals surface area contributed by atoms with E-state index in [-0.39, 0.29) is 12.5 Å². The lowest BCUT2D eigenvalue weighted by molar-refractivity contribution is 0.208. The maximum Gasteiger partial charge on any atom is 0.188 e. The molecule has 1 atom stereocenters. The van der Waals surface area contributed by atoms with Gasteiger partial charge in [-0.1, -0.05) is 35.9 Å². The van der Waals surface area contributed by atoms with Gasteiger partial charge in [0.2, 0.25) is 0 Å². The summed E-state index contributed by atoms with van der Waals surface area (Å²) in [6.07, 6.45) is 2.04. The molecule has 2 aromatic carbocycles. The Morgan fingerprint density at radius 2 is 2.10 bits per heavy atom. The van der Waals surface area contributed by atoms with Crippen molar-refractivity contribution < 1.29 is 5.11 Å². The molecule has 0 aliphatic carbocycles. The largest absolute Gasteiger partial charge is 0.396 e. The number of hydrogen-bond donors (Lipinski definition) is 2. The predicted octanol–water partition coefficient (Wildman–Crippen LogP) is 4.96. The Balaban J connectivity index is 1.68. The quantitative estimate of drug-likeness (QED) is 0.570. The van der Waals surface area contributed by atoms with Crippen LogP contribution in [0.15, 0.2) is 36.4 Å². The molecule has 0 saturated carbocycles. The van der Waals surface area contributed by atoms with Crippen molar-refractivity contribution in [2.75, 3.05) is 29.9 Å². The molecule has 1 aromatic heterocycles. The van der Waals surface area contributed by atoms with Gasteiger partial charge >= 0.3 is 0 Å². The highest BCUT2D eigenvalue weighted by atomic mass is 35.5. The second kappa shape index (κ2) is 8.86. The molecule has 1 unspecified atom stereocenters. The Morgan fingerprint density at radius 1 is 1.23 bits per heavy atom. The van der Waals surface area contributed by atoms with Crippen molar-refractivity contribution in [3.8, 4) is 0 Å². The molecule has 1 aliphatic rings. The molecular formula is C23H24ClN5O. The van der Waals surface area contributed by atoms with E-state index < -0.39 is 0 Å². The van der Waals surface area contributed by atoms with Crippen molar-refractivity contribution in [2.24, 2.45) is 5.92 Å². The third-order valence-corrected chi connectivity index (χ3v) is 6.05. The highest BCUT2D eigenvalue weighted by molar-refractivity contribution is 6.31. The molecular weight excluding hydrogens is 398 g/mol. The molecule has 7 heteroatoms. The van der Waals surface area contributed by atoms with Crippen LogP contribution in [-0.4, -0.2) is 35.0 Å². The van der Waals surface area contributed by atoms with Crippen LogP contribution in [0.1, 0.15) is 24.0 Å². The summed E-state index contributed by atoms with van der Waals surface area (Å²) in [5.41, 5.74) is 2.65. The van der Waals surface area contributed by atoms with Crippen LogP contribution in [0, 0.1) is 19.4 Å². The molecule has 0 radical (unpaired) electrons. The molecule has 4 rings (SSSR count). The number of hydrogen-bond acceptors (Lipinski definition) is 5. The summed E-state index contributed by atoms with van der Waals surface area (Å²) in [5, 5.41) is 24.5. The summed E-state index contributed by atoms with van der Waals surface area (Å²) in [4.78, 5) is 5.77. The fourth-order valence-corrected chi connectivity index (χ4v) is 4.10. The van der Waals surface area contributed by atoms with E-state index in [1.165, 1.54) is 0 Å². The maximum atomic E-state index is 9.58. The summed E-state index contributed by atoms with van der Waals surface area (Å²) in [6.45, 7) is 11.8. The number of nitrogens with zero attached hydrogens (tertiary/aromatic N) is 4. The van der Waals surface area contributed by atoms with Crippen LogP contribution in [0.25, 0.3) is 15.6 Å². The summed E-state index contributed by atoms with van der Waals surface area (Å²) in [5.74, 6) is 1.71. The van der Waals surface area contributed by atoms with E-state index in [4.69, 9.17) is 18.2 Å². The second-order valence-corrected chi connectivity index (χ2v) is 8.20. The average Bonchev–Trinajstić information content (AvgIpc) is 2.79. The molecule has 30 heavy (non-hydrogen) atoms. The van der Waals surface area contributed by atoms with E-state index in [0.29, 0.717) is 18.1 Å². The standard InChI is InChI=1S/C23H24ClN5O/c1-15-5-6-16(10-21(15)24)12-26-22-20-11-18(25-2)7-8-19(20)23(28-27-22)29-9-3-4-17(13-29)14-30/h5-8,10-11,17,30H,3-4,9,12-14H2,1H3,(H,26,27). The van der Waals surface area contributed by atoms with Crippen LogP contribution in [0.2, 0.25) is 5.02 Å². The van der Waals surface area contributed by atoms with Gasteiger partial charge in [-0.25, -0.2) is 4.85 Å². The van der Waals surface area contributed by atoms with Crippen molar-refractivity contribution in [1.29, 1.82) is 0 Å². The van der Waals surface area contributed by atoms with Crippen molar-refractivity contribution in [1.82, 2.24) is 10.2 Å². The summed E-state index contributed by atoms with van der Waals surface area (Å²) in [7, 11) is 0. The molecule has 6 nitrogen and oxygen atoms in total. The lowest BCUT2D eigenvalue weighted by Gasteiger charge is -2.33. The van der Waals surface area contributed by atoms with Gasteiger partial charge in [-0.05, 0) is 48.9 Å². The third kappa shape index (κ3) is 4.18. The first-order chi connectivity index (χ1) is 14.6. The van der Waals surface area contributed by atoms with Gasteiger partial charge in [0.1, 0.15) is 0 Å². The predicted molar refractivity (Wildman–Crippen MR) is 121 cm³/mol. The minimum absolute atomic E-state index is 0.183. The van der Waals surface area contributed by atoms with Crippen LogP contribution in [0.5, 0.6) is 0 Å². The Morgan fingerprint density at radius 3 is 2.87 bits per heavy atom. The lowest BCUT2D eigenvalue weighted by Crippen LogP contribution is -2.37. The van der Waals surface area contributed by atoms with E-state index in [9.17, 15) is 5.11 Å². The topological polar surface area (TPSA) is 65.6 Å². The highest BCUT2D eigenvalue weighted by Gasteiger charge is 2.23. The fraction of sp³-hybridized carbons (Fsp3) is 0.348. The van der Waals surface area contributed by atoms with E-state index in [2.05, 4.69) is 25.3 Å². The maximum absolute atomic E-state index is 9.58. The first kappa shape index (κ1) is 20.4.